The molecule has 0 aromatic carbocycles. The van der Waals surface area contributed by atoms with Crippen LogP contribution in [0.5, 0.6) is 0 Å². The number of hydrogen-bond acceptors (Lipinski definition) is 6. The summed E-state index contributed by atoms with van der Waals surface area (Å²) >= 11 is 1.61. The molecule has 0 saturated carbocycles. The molecule has 2 aromatic rings. The molecule has 3 rings (SSSR count). The summed E-state index contributed by atoms with van der Waals surface area (Å²) < 4.78 is 7.30. The normalized spacial score (nSPS) is 21.8. The van der Waals surface area contributed by atoms with Crippen molar-refractivity contribution in [1.29, 1.82) is 0 Å². The van der Waals surface area contributed by atoms with Gasteiger partial charge in [0.2, 0.25) is 4.96 Å². The molecule has 1 saturated heterocycles. The molecular formula is C11H17N5OS. The summed E-state index contributed by atoms with van der Waals surface area (Å²) in [6, 6.07) is 0.296. The molecule has 6 nitrogen and oxygen atoms in total. The van der Waals surface area contributed by atoms with Gasteiger partial charge in [0.15, 0.2) is 5.82 Å². The number of ether oxygens (including phenoxy) is 1. The number of hydrogen-bond donors (Lipinski definition) is 1. The summed E-state index contributed by atoms with van der Waals surface area (Å²) in [5, 5.41) is 17.5. The lowest BCUT2D eigenvalue weighted by molar-refractivity contribution is 0.193. The van der Waals surface area contributed by atoms with Crippen LogP contribution < -0.4 is 5.32 Å². The zero-order chi connectivity index (χ0) is 12.5. The first kappa shape index (κ1) is 12.0. The molecule has 1 aliphatic heterocycles. The highest BCUT2D eigenvalue weighted by atomic mass is 32.1. The quantitative estimate of drug-likeness (QED) is 0.906. The molecule has 3 heterocycles. The highest BCUT2D eigenvalue weighted by Crippen LogP contribution is 2.27. The third-order valence-electron chi connectivity index (χ3n) is 3.38. The van der Waals surface area contributed by atoms with Crippen molar-refractivity contribution in [1.82, 2.24) is 25.1 Å². The number of nitrogens with one attached hydrogen (secondary N) is 1. The van der Waals surface area contributed by atoms with Gasteiger partial charge in [0.05, 0.1) is 12.6 Å². The van der Waals surface area contributed by atoms with Crippen LogP contribution in [0.4, 0.5) is 0 Å². The van der Waals surface area contributed by atoms with Crippen molar-refractivity contribution in [2.24, 2.45) is 0 Å². The van der Waals surface area contributed by atoms with Crippen molar-refractivity contribution in [2.75, 3.05) is 20.3 Å². The van der Waals surface area contributed by atoms with Gasteiger partial charge in [-0.15, -0.1) is 10.2 Å². The van der Waals surface area contributed by atoms with E-state index in [9.17, 15) is 0 Å². The van der Waals surface area contributed by atoms with E-state index in [1.807, 2.05) is 11.6 Å². The van der Waals surface area contributed by atoms with Gasteiger partial charge in [-0.1, -0.05) is 18.3 Å². The molecule has 0 bridgehead atoms. The minimum Gasteiger partial charge on any atom is -0.381 e. The van der Waals surface area contributed by atoms with E-state index >= 15 is 0 Å². The molecule has 2 aromatic heterocycles. The van der Waals surface area contributed by atoms with Crippen molar-refractivity contribution >= 4 is 16.3 Å². The largest absolute Gasteiger partial charge is 0.381 e. The SMILES string of the molecule is CCC(NC)c1nn2c(C3CCOC3)nnc2s1. The molecule has 18 heavy (non-hydrogen) atoms. The van der Waals surface area contributed by atoms with Crippen molar-refractivity contribution in [3.63, 3.8) is 0 Å². The van der Waals surface area contributed by atoms with E-state index in [0.29, 0.717) is 12.0 Å². The molecular weight excluding hydrogens is 250 g/mol. The van der Waals surface area contributed by atoms with Gasteiger partial charge in [-0.25, -0.2) is 0 Å². The Morgan fingerprint density at radius 1 is 1.56 bits per heavy atom. The first-order valence-corrected chi connectivity index (χ1v) is 7.12. The molecule has 1 N–H and O–H groups in total. The van der Waals surface area contributed by atoms with Gasteiger partial charge in [0, 0.05) is 12.5 Å². The lowest BCUT2D eigenvalue weighted by atomic mass is 10.1. The van der Waals surface area contributed by atoms with Crippen molar-refractivity contribution < 1.29 is 4.74 Å². The van der Waals surface area contributed by atoms with Crippen LogP contribution in [0.15, 0.2) is 0 Å². The fraction of sp³-hybridized carbons (Fsp3) is 0.727. The highest BCUT2D eigenvalue weighted by molar-refractivity contribution is 7.16. The second-order valence-corrected chi connectivity index (χ2v) is 5.49. The molecule has 2 unspecified atom stereocenters. The van der Waals surface area contributed by atoms with Gasteiger partial charge in [0.25, 0.3) is 0 Å². The maximum absolute atomic E-state index is 5.41. The molecule has 0 amide bonds. The van der Waals surface area contributed by atoms with E-state index in [1.54, 1.807) is 11.3 Å². The predicted octanol–water partition coefficient (Wildman–Crippen LogP) is 1.36. The second-order valence-electron chi connectivity index (χ2n) is 4.50. The Labute approximate surface area is 109 Å². The van der Waals surface area contributed by atoms with E-state index in [-0.39, 0.29) is 0 Å². The fourth-order valence-corrected chi connectivity index (χ4v) is 3.32. The molecule has 0 radical (unpaired) electrons. The summed E-state index contributed by atoms with van der Waals surface area (Å²) in [5.74, 6) is 1.28. The van der Waals surface area contributed by atoms with E-state index in [0.717, 1.165) is 41.8 Å². The fourth-order valence-electron chi connectivity index (χ4n) is 2.28. The summed E-state index contributed by atoms with van der Waals surface area (Å²) in [6.07, 6.45) is 2.03. The first-order valence-electron chi connectivity index (χ1n) is 6.30. The summed E-state index contributed by atoms with van der Waals surface area (Å²) in [4.78, 5) is 0.876. The van der Waals surface area contributed by atoms with Crippen LogP contribution in [-0.4, -0.2) is 40.1 Å². The molecule has 0 spiro atoms. The average Bonchev–Trinajstić information content (AvgIpc) is 3.04. The van der Waals surface area contributed by atoms with E-state index in [1.165, 1.54) is 0 Å². The Kier molecular flexibility index (Phi) is 3.27. The van der Waals surface area contributed by atoms with Crippen LogP contribution in [0, 0.1) is 0 Å². The highest BCUT2D eigenvalue weighted by Gasteiger charge is 2.25. The summed E-state index contributed by atoms with van der Waals surface area (Å²) in [7, 11) is 1.96. The van der Waals surface area contributed by atoms with E-state index in [4.69, 9.17) is 4.74 Å². The van der Waals surface area contributed by atoms with Crippen LogP contribution in [0.1, 0.15) is 42.6 Å². The molecule has 1 aliphatic rings. The van der Waals surface area contributed by atoms with Crippen LogP contribution in [0.2, 0.25) is 0 Å². The predicted molar refractivity (Wildman–Crippen MR) is 68.9 cm³/mol. The standard InChI is InChI=1S/C11H17N5OS/c1-3-8(12-2)10-15-16-9(7-4-5-17-6-7)13-14-11(16)18-10/h7-8,12H,3-6H2,1-2H3. The van der Waals surface area contributed by atoms with Crippen LogP contribution >= 0.6 is 11.3 Å². The van der Waals surface area contributed by atoms with Crippen molar-refractivity contribution in [3.05, 3.63) is 10.8 Å². The Hall–Kier alpha value is -1.05. The smallest absolute Gasteiger partial charge is 0.234 e. The third kappa shape index (κ3) is 1.92. The number of rotatable bonds is 4. The van der Waals surface area contributed by atoms with Crippen molar-refractivity contribution in [3.8, 4) is 0 Å². The Morgan fingerprint density at radius 3 is 3.11 bits per heavy atom. The van der Waals surface area contributed by atoms with E-state index in [2.05, 4.69) is 27.5 Å². The minimum atomic E-state index is 0.296. The Morgan fingerprint density at radius 2 is 2.44 bits per heavy atom. The lowest BCUT2D eigenvalue weighted by Crippen LogP contribution is -2.15. The van der Waals surface area contributed by atoms with Crippen LogP contribution in [-0.2, 0) is 4.74 Å². The third-order valence-corrected chi connectivity index (χ3v) is 4.39. The molecule has 2 atom stereocenters. The first-order chi connectivity index (χ1) is 8.83. The maximum atomic E-state index is 5.41. The Bertz CT molecular complexity index is 527. The Balaban J connectivity index is 1.97. The number of nitrogens with zero attached hydrogens (tertiary/aromatic N) is 4. The summed E-state index contributed by atoms with van der Waals surface area (Å²) in [5.41, 5.74) is 0. The van der Waals surface area contributed by atoms with Gasteiger partial charge in [0.1, 0.15) is 5.01 Å². The summed E-state index contributed by atoms with van der Waals surface area (Å²) in [6.45, 7) is 3.69. The maximum Gasteiger partial charge on any atom is 0.234 e. The molecule has 0 aliphatic carbocycles. The monoisotopic (exact) mass is 267 g/mol. The minimum absolute atomic E-state index is 0.296. The van der Waals surface area contributed by atoms with Gasteiger partial charge < -0.3 is 10.1 Å². The topological polar surface area (TPSA) is 64.3 Å². The van der Waals surface area contributed by atoms with Gasteiger partial charge in [-0.2, -0.15) is 9.61 Å². The van der Waals surface area contributed by atoms with Gasteiger partial charge >= 0.3 is 0 Å². The zero-order valence-electron chi connectivity index (χ0n) is 10.6. The molecule has 98 valence electrons. The molecule has 7 heteroatoms. The van der Waals surface area contributed by atoms with E-state index < -0.39 is 0 Å². The average molecular weight is 267 g/mol. The number of aromatic nitrogens is 4. The second kappa shape index (κ2) is 4.91. The molecule has 1 fully saturated rings. The lowest BCUT2D eigenvalue weighted by Gasteiger charge is -2.08. The number of fused-ring (bicyclic) bond motifs is 1. The van der Waals surface area contributed by atoms with Crippen LogP contribution in [0.3, 0.4) is 0 Å². The zero-order valence-corrected chi connectivity index (χ0v) is 11.4. The van der Waals surface area contributed by atoms with Gasteiger partial charge in [-0.3, -0.25) is 0 Å². The van der Waals surface area contributed by atoms with Gasteiger partial charge in [-0.05, 0) is 19.9 Å². The van der Waals surface area contributed by atoms with Crippen molar-refractivity contribution in [2.45, 2.75) is 31.7 Å². The van der Waals surface area contributed by atoms with Crippen LogP contribution in [0.25, 0.3) is 4.96 Å².